The van der Waals surface area contributed by atoms with E-state index >= 15 is 0 Å². The molecule has 3 rings (SSSR count). The van der Waals surface area contributed by atoms with Crippen LogP contribution in [-0.2, 0) is 6.42 Å². The summed E-state index contributed by atoms with van der Waals surface area (Å²) in [5.74, 6) is 0.597. The van der Waals surface area contributed by atoms with Gasteiger partial charge >= 0.3 is 0 Å². The van der Waals surface area contributed by atoms with Crippen molar-refractivity contribution in [2.45, 2.75) is 12.3 Å². The molecule has 0 heteroatoms. The van der Waals surface area contributed by atoms with Crippen LogP contribution in [0.15, 0.2) is 48.5 Å². The molecule has 0 aliphatic heterocycles. The zero-order valence-electron chi connectivity index (χ0n) is 8.48. The minimum absolute atomic E-state index is 0.597. The zero-order valence-corrected chi connectivity index (χ0v) is 8.48. The van der Waals surface area contributed by atoms with Crippen molar-refractivity contribution in [1.82, 2.24) is 0 Å². The van der Waals surface area contributed by atoms with E-state index in [1.165, 1.54) is 23.1 Å². The number of hydrogen-bond acceptors (Lipinski definition) is 0. The van der Waals surface area contributed by atoms with E-state index in [1.54, 1.807) is 0 Å². The van der Waals surface area contributed by atoms with Gasteiger partial charge in [-0.05, 0) is 41.5 Å². The highest BCUT2D eigenvalue weighted by atomic mass is 14.3. The summed E-state index contributed by atoms with van der Waals surface area (Å²) < 4.78 is 0. The Morgan fingerprint density at radius 1 is 1.07 bits per heavy atom. The Morgan fingerprint density at radius 3 is 2.73 bits per heavy atom. The van der Waals surface area contributed by atoms with Crippen molar-refractivity contribution in [3.8, 4) is 0 Å². The van der Waals surface area contributed by atoms with Gasteiger partial charge in [0.15, 0.2) is 0 Å². The lowest BCUT2D eigenvalue weighted by molar-refractivity contribution is 0.696. The first-order valence-electron chi connectivity index (χ1n) is 5.33. The van der Waals surface area contributed by atoms with E-state index in [-0.39, 0.29) is 0 Å². The van der Waals surface area contributed by atoms with Crippen LogP contribution in [0.25, 0.3) is 0 Å². The topological polar surface area (TPSA) is 0 Å². The maximum atomic E-state index is 3.24. The predicted molar refractivity (Wildman–Crippen MR) is 61.6 cm³/mol. The molecule has 0 spiro atoms. The van der Waals surface area contributed by atoms with Gasteiger partial charge in [0.2, 0.25) is 0 Å². The van der Waals surface area contributed by atoms with Crippen LogP contribution in [0.5, 0.6) is 0 Å². The lowest BCUT2D eigenvalue weighted by atomic mass is 9.74. The number of fused-ring (bicyclic) bond motifs is 1. The van der Waals surface area contributed by atoms with Crippen molar-refractivity contribution >= 4 is 0 Å². The van der Waals surface area contributed by atoms with Gasteiger partial charge in [0.05, 0.1) is 0 Å². The Hall–Kier alpha value is -1.56. The molecule has 1 atom stereocenters. The van der Waals surface area contributed by atoms with E-state index in [4.69, 9.17) is 0 Å². The van der Waals surface area contributed by atoms with Gasteiger partial charge in [0, 0.05) is 0 Å². The molecule has 0 saturated heterocycles. The van der Waals surface area contributed by atoms with Gasteiger partial charge in [-0.15, -0.1) is 0 Å². The quantitative estimate of drug-likeness (QED) is 0.684. The highest BCUT2D eigenvalue weighted by molar-refractivity contribution is 5.44. The largest absolute Gasteiger partial charge is 0.0620 e. The number of hydrogen-bond donors (Lipinski definition) is 0. The molecule has 2 aromatic carbocycles. The second-order valence-electron chi connectivity index (χ2n) is 3.99. The monoisotopic (exact) mass is 192 g/mol. The van der Waals surface area contributed by atoms with Gasteiger partial charge in [-0.25, -0.2) is 0 Å². The standard InChI is InChI=1S/C15H12/c1-2-6-12(7-3-1)10-14-11-13-8-4-5-9-15(13)14/h1-6,8-10,14H,11H2. The average Bonchev–Trinajstić information content (AvgIpc) is 2.27. The SMILES string of the molecule is [c]1ccccc1[CH]C1Cc2ccccc21. The summed E-state index contributed by atoms with van der Waals surface area (Å²) in [4.78, 5) is 0. The van der Waals surface area contributed by atoms with Crippen molar-refractivity contribution in [2.24, 2.45) is 0 Å². The van der Waals surface area contributed by atoms with Crippen LogP contribution in [-0.4, -0.2) is 0 Å². The molecular formula is C15H12. The maximum Gasteiger partial charge on any atom is -0.000859 e. The van der Waals surface area contributed by atoms with Crippen molar-refractivity contribution in [1.29, 1.82) is 0 Å². The summed E-state index contributed by atoms with van der Waals surface area (Å²) >= 11 is 0. The van der Waals surface area contributed by atoms with Crippen LogP contribution < -0.4 is 0 Å². The molecule has 0 amide bonds. The summed E-state index contributed by atoms with van der Waals surface area (Å²) in [5.41, 5.74) is 4.18. The van der Waals surface area contributed by atoms with Crippen molar-refractivity contribution in [3.05, 3.63) is 77.7 Å². The van der Waals surface area contributed by atoms with Gasteiger partial charge in [-0.1, -0.05) is 48.5 Å². The minimum Gasteiger partial charge on any atom is -0.0620 e. The fourth-order valence-corrected chi connectivity index (χ4v) is 2.17. The fourth-order valence-electron chi connectivity index (χ4n) is 2.17. The Labute approximate surface area is 90.6 Å². The van der Waals surface area contributed by atoms with E-state index in [2.05, 4.69) is 48.9 Å². The van der Waals surface area contributed by atoms with Crippen LogP contribution in [0.3, 0.4) is 0 Å². The second-order valence-corrected chi connectivity index (χ2v) is 3.99. The lowest BCUT2D eigenvalue weighted by Crippen LogP contribution is -2.17. The summed E-state index contributed by atoms with van der Waals surface area (Å²) in [5, 5.41) is 0. The summed E-state index contributed by atoms with van der Waals surface area (Å²) in [6.45, 7) is 0. The van der Waals surface area contributed by atoms with Crippen LogP contribution in [0.1, 0.15) is 22.6 Å². The lowest BCUT2D eigenvalue weighted by Gasteiger charge is -2.29. The Bertz CT molecular complexity index is 456. The molecule has 0 saturated carbocycles. The molecule has 2 aromatic rings. The molecular weight excluding hydrogens is 180 g/mol. The van der Waals surface area contributed by atoms with E-state index in [0.717, 1.165) is 0 Å². The predicted octanol–water partition coefficient (Wildman–Crippen LogP) is 3.38. The Morgan fingerprint density at radius 2 is 1.93 bits per heavy atom. The third kappa shape index (κ3) is 1.56. The van der Waals surface area contributed by atoms with Crippen molar-refractivity contribution < 1.29 is 0 Å². The Kier molecular flexibility index (Phi) is 2.06. The van der Waals surface area contributed by atoms with E-state index in [1.807, 2.05) is 12.1 Å². The molecule has 0 bridgehead atoms. The third-order valence-electron chi connectivity index (χ3n) is 3.01. The van der Waals surface area contributed by atoms with Crippen LogP contribution in [0, 0.1) is 12.5 Å². The molecule has 2 radical (unpaired) electrons. The molecule has 1 aliphatic carbocycles. The van der Waals surface area contributed by atoms with Gasteiger partial charge in [0.1, 0.15) is 0 Å². The summed E-state index contributed by atoms with van der Waals surface area (Å²) in [6.07, 6.45) is 3.49. The molecule has 0 fully saturated rings. The third-order valence-corrected chi connectivity index (χ3v) is 3.01. The maximum absolute atomic E-state index is 3.24. The molecule has 72 valence electrons. The highest BCUT2D eigenvalue weighted by Crippen LogP contribution is 2.38. The normalized spacial score (nSPS) is 18.0. The van der Waals surface area contributed by atoms with Gasteiger partial charge < -0.3 is 0 Å². The molecule has 1 unspecified atom stereocenters. The summed E-state index contributed by atoms with van der Waals surface area (Å²) in [6, 6.07) is 20.1. The molecule has 0 aromatic heterocycles. The van der Waals surface area contributed by atoms with Gasteiger partial charge in [-0.3, -0.25) is 0 Å². The average molecular weight is 192 g/mol. The molecule has 0 nitrogen and oxygen atoms in total. The molecule has 0 N–H and O–H groups in total. The van der Waals surface area contributed by atoms with Crippen molar-refractivity contribution in [2.75, 3.05) is 0 Å². The number of benzene rings is 2. The number of rotatable bonds is 2. The van der Waals surface area contributed by atoms with Crippen LogP contribution >= 0.6 is 0 Å². The van der Waals surface area contributed by atoms with Gasteiger partial charge in [-0.2, -0.15) is 0 Å². The Balaban J connectivity index is 1.79. The van der Waals surface area contributed by atoms with Crippen LogP contribution in [0.2, 0.25) is 0 Å². The van der Waals surface area contributed by atoms with E-state index in [9.17, 15) is 0 Å². The first kappa shape index (κ1) is 8.72. The minimum atomic E-state index is 0.597. The molecule has 1 aliphatic rings. The second kappa shape index (κ2) is 3.54. The van der Waals surface area contributed by atoms with Crippen LogP contribution in [0.4, 0.5) is 0 Å². The fraction of sp³-hybridized carbons (Fsp3) is 0.133. The first-order valence-corrected chi connectivity index (χ1v) is 5.33. The van der Waals surface area contributed by atoms with E-state index < -0.39 is 0 Å². The van der Waals surface area contributed by atoms with Gasteiger partial charge in [0.25, 0.3) is 0 Å². The van der Waals surface area contributed by atoms with Crippen molar-refractivity contribution in [3.63, 3.8) is 0 Å². The smallest absolute Gasteiger partial charge is 0.000859 e. The zero-order chi connectivity index (χ0) is 10.1. The molecule has 0 heterocycles. The first-order chi connectivity index (χ1) is 7.43. The highest BCUT2D eigenvalue weighted by Gasteiger charge is 2.25. The van der Waals surface area contributed by atoms with E-state index in [0.29, 0.717) is 5.92 Å². The molecule has 15 heavy (non-hydrogen) atoms. The summed E-state index contributed by atoms with van der Waals surface area (Å²) in [7, 11) is 0.